The smallest absolute Gasteiger partial charge is 0.163 e. The summed E-state index contributed by atoms with van der Waals surface area (Å²) in [6.45, 7) is 7.38. The Morgan fingerprint density at radius 1 is 1.18 bits per heavy atom. The number of phenolic OH excluding ortho intramolecular Hbond substituents is 2. The second-order valence-electron chi connectivity index (χ2n) is 6.19. The summed E-state index contributed by atoms with van der Waals surface area (Å²) in [5, 5.41) is 20.7. The molecule has 1 aromatic rings. The number of hydrogen-bond donors (Lipinski definition) is 2. The lowest BCUT2D eigenvalue weighted by molar-refractivity contribution is 0.101. The Kier molecular flexibility index (Phi) is 7.21. The number of aromatic hydroxyl groups is 2. The lowest BCUT2D eigenvalue weighted by atomic mass is 9.92. The summed E-state index contributed by atoms with van der Waals surface area (Å²) in [4.78, 5) is 11.7. The molecule has 0 radical (unpaired) electrons. The van der Waals surface area contributed by atoms with Crippen molar-refractivity contribution in [2.75, 3.05) is 0 Å². The van der Waals surface area contributed by atoms with Gasteiger partial charge in [0, 0.05) is 5.56 Å². The molecule has 2 N–H and O–H groups in total. The van der Waals surface area contributed by atoms with Gasteiger partial charge in [0.1, 0.15) is 11.5 Å². The Bertz CT molecular complexity index is 538. The molecule has 0 saturated carbocycles. The zero-order valence-electron chi connectivity index (χ0n) is 14.0. The van der Waals surface area contributed by atoms with Gasteiger partial charge in [0.25, 0.3) is 0 Å². The lowest BCUT2D eigenvalue weighted by Gasteiger charge is -2.17. The molecule has 4 heteroatoms. The molecule has 0 aromatic heterocycles. The van der Waals surface area contributed by atoms with E-state index in [1.165, 1.54) is 26.2 Å². The van der Waals surface area contributed by atoms with Crippen molar-refractivity contribution in [3.8, 4) is 11.5 Å². The van der Waals surface area contributed by atoms with Crippen LogP contribution in [0.15, 0.2) is 0 Å². The van der Waals surface area contributed by atoms with Crippen molar-refractivity contribution >= 4 is 17.4 Å². The van der Waals surface area contributed by atoms with Crippen LogP contribution in [0, 0.1) is 12.8 Å². The molecule has 0 aliphatic rings. The predicted octanol–water partition coefficient (Wildman–Crippen LogP) is 5.41. The summed E-state index contributed by atoms with van der Waals surface area (Å²) in [7, 11) is 0. The monoisotopic (exact) mass is 326 g/mol. The van der Waals surface area contributed by atoms with Crippen LogP contribution >= 0.6 is 11.6 Å². The van der Waals surface area contributed by atoms with Crippen LogP contribution in [0.4, 0.5) is 0 Å². The summed E-state index contributed by atoms with van der Waals surface area (Å²) in [6, 6.07) is 0. The van der Waals surface area contributed by atoms with Gasteiger partial charge < -0.3 is 10.2 Å². The number of phenols is 2. The molecule has 0 aliphatic heterocycles. The molecule has 1 aromatic carbocycles. The van der Waals surface area contributed by atoms with Crippen LogP contribution in [-0.4, -0.2) is 16.0 Å². The highest BCUT2D eigenvalue weighted by molar-refractivity contribution is 6.33. The molecule has 0 bridgehead atoms. The minimum atomic E-state index is -0.242. The van der Waals surface area contributed by atoms with E-state index in [2.05, 4.69) is 13.8 Å². The summed E-state index contributed by atoms with van der Waals surface area (Å²) < 4.78 is 0. The fourth-order valence-corrected chi connectivity index (χ4v) is 3.01. The first-order valence-electron chi connectivity index (χ1n) is 8.04. The van der Waals surface area contributed by atoms with Crippen molar-refractivity contribution < 1.29 is 15.0 Å². The summed E-state index contributed by atoms with van der Waals surface area (Å²) in [5.74, 6) is 0.0513. The molecule has 0 saturated heterocycles. The van der Waals surface area contributed by atoms with E-state index in [0.29, 0.717) is 23.5 Å². The van der Waals surface area contributed by atoms with Crippen LogP contribution in [0.1, 0.15) is 74.4 Å². The third-order valence-electron chi connectivity index (χ3n) is 4.26. The van der Waals surface area contributed by atoms with E-state index in [1.807, 2.05) is 0 Å². The summed E-state index contributed by atoms with van der Waals surface area (Å²) in [5.41, 5.74) is 1.04. The number of unbranched alkanes of at least 4 members (excludes halogenated alkanes) is 2. The van der Waals surface area contributed by atoms with Gasteiger partial charge >= 0.3 is 0 Å². The van der Waals surface area contributed by atoms with Crippen LogP contribution < -0.4 is 0 Å². The average Bonchev–Trinajstić information content (AvgIpc) is 2.45. The molecule has 124 valence electrons. The van der Waals surface area contributed by atoms with Gasteiger partial charge in [0.15, 0.2) is 5.78 Å². The lowest BCUT2D eigenvalue weighted by Crippen LogP contribution is -2.04. The number of benzene rings is 1. The van der Waals surface area contributed by atoms with Crippen molar-refractivity contribution in [1.82, 2.24) is 0 Å². The molecular weight excluding hydrogens is 300 g/mol. The van der Waals surface area contributed by atoms with Crippen LogP contribution in [0.25, 0.3) is 0 Å². The van der Waals surface area contributed by atoms with Crippen molar-refractivity contribution in [1.29, 1.82) is 0 Å². The van der Waals surface area contributed by atoms with E-state index in [1.54, 1.807) is 6.92 Å². The molecular formula is C18H27ClO3. The van der Waals surface area contributed by atoms with E-state index < -0.39 is 0 Å². The number of rotatable bonds is 8. The highest BCUT2D eigenvalue weighted by Crippen LogP contribution is 2.41. The standard InChI is InChI=1S/C18H27ClO3/c1-5-6-7-8-11(2)9-10-14-17(21)15(13(4)20)12(3)16(19)18(14)22/h11,21-22H,5-10H2,1-4H3. The molecule has 3 nitrogen and oxygen atoms in total. The number of carbonyl (C=O) groups excluding carboxylic acids is 1. The Morgan fingerprint density at radius 2 is 1.82 bits per heavy atom. The van der Waals surface area contributed by atoms with Gasteiger partial charge in [-0.3, -0.25) is 4.79 Å². The van der Waals surface area contributed by atoms with Crippen molar-refractivity contribution in [3.05, 3.63) is 21.7 Å². The molecule has 0 fully saturated rings. The first kappa shape index (κ1) is 18.8. The number of hydrogen-bond acceptors (Lipinski definition) is 3. The van der Waals surface area contributed by atoms with E-state index in [-0.39, 0.29) is 27.9 Å². The molecule has 22 heavy (non-hydrogen) atoms. The predicted molar refractivity (Wildman–Crippen MR) is 91.2 cm³/mol. The Labute approximate surface area is 138 Å². The van der Waals surface area contributed by atoms with Crippen LogP contribution in [0.5, 0.6) is 11.5 Å². The van der Waals surface area contributed by atoms with Crippen LogP contribution in [-0.2, 0) is 6.42 Å². The average molecular weight is 327 g/mol. The minimum Gasteiger partial charge on any atom is -0.507 e. The number of ketones is 1. The molecule has 0 heterocycles. The Hall–Kier alpha value is -1.22. The highest BCUT2D eigenvalue weighted by Gasteiger charge is 2.22. The third kappa shape index (κ3) is 4.39. The number of Topliss-reactive ketones (excluding diaryl/α,β-unsaturated/α-hetero) is 1. The van der Waals surface area contributed by atoms with Crippen LogP contribution in [0.3, 0.4) is 0 Å². The SMILES string of the molecule is CCCCCC(C)CCc1c(O)c(Cl)c(C)c(C(C)=O)c1O. The van der Waals surface area contributed by atoms with Crippen molar-refractivity contribution in [2.45, 2.75) is 66.2 Å². The van der Waals surface area contributed by atoms with Crippen molar-refractivity contribution in [3.63, 3.8) is 0 Å². The zero-order valence-corrected chi connectivity index (χ0v) is 14.8. The fraction of sp³-hybridized carbons (Fsp3) is 0.611. The molecule has 1 atom stereocenters. The summed E-state index contributed by atoms with van der Waals surface area (Å²) >= 11 is 6.11. The molecule has 0 aliphatic carbocycles. The second-order valence-corrected chi connectivity index (χ2v) is 6.56. The Morgan fingerprint density at radius 3 is 2.36 bits per heavy atom. The van der Waals surface area contributed by atoms with E-state index in [9.17, 15) is 15.0 Å². The van der Waals surface area contributed by atoms with Gasteiger partial charge in [0.05, 0.1) is 10.6 Å². The van der Waals surface area contributed by atoms with Crippen LogP contribution in [0.2, 0.25) is 5.02 Å². The van der Waals surface area contributed by atoms with E-state index in [0.717, 1.165) is 12.8 Å². The van der Waals surface area contributed by atoms with Crippen molar-refractivity contribution in [2.24, 2.45) is 5.92 Å². The van der Waals surface area contributed by atoms with Gasteiger partial charge in [-0.2, -0.15) is 0 Å². The maximum atomic E-state index is 11.7. The van der Waals surface area contributed by atoms with E-state index >= 15 is 0 Å². The quantitative estimate of drug-likeness (QED) is 0.496. The van der Waals surface area contributed by atoms with Gasteiger partial charge in [-0.1, -0.05) is 51.1 Å². The largest absolute Gasteiger partial charge is 0.507 e. The maximum Gasteiger partial charge on any atom is 0.163 e. The highest BCUT2D eigenvalue weighted by atomic mass is 35.5. The topological polar surface area (TPSA) is 57.5 Å². The molecule has 0 spiro atoms. The van der Waals surface area contributed by atoms with Gasteiger partial charge in [-0.25, -0.2) is 0 Å². The first-order valence-corrected chi connectivity index (χ1v) is 8.42. The number of halogens is 1. The Balaban J connectivity index is 2.93. The van der Waals surface area contributed by atoms with Gasteiger partial charge in [-0.05, 0) is 38.2 Å². The van der Waals surface area contributed by atoms with Gasteiger partial charge in [-0.15, -0.1) is 0 Å². The normalized spacial score (nSPS) is 12.4. The molecule has 0 amide bonds. The minimum absolute atomic E-state index is 0.0950. The van der Waals surface area contributed by atoms with Gasteiger partial charge in [0.2, 0.25) is 0 Å². The number of carbonyl (C=O) groups is 1. The zero-order chi connectivity index (χ0) is 16.9. The maximum absolute atomic E-state index is 11.7. The third-order valence-corrected chi connectivity index (χ3v) is 4.72. The van der Waals surface area contributed by atoms with E-state index in [4.69, 9.17) is 11.6 Å². The molecule has 1 unspecified atom stereocenters. The summed E-state index contributed by atoms with van der Waals surface area (Å²) in [6.07, 6.45) is 6.12. The second kappa shape index (κ2) is 8.42. The molecule has 1 rings (SSSR count). The first-order chi connectivity index (χ1) is 10.3. The fourth-order valence-electron chi connectivity index (χ4n) is 2.81.